The first-order chi connectivity index (χ1) is 21.3. The van der Waals surface area contributed by atoms with Gasteiger partial charge in [0.25, 0.3) is 0 Å². The number of pyridine rings is 1. The predicted molar refractivity (Wildman–Crippen MR) is 172 cm³/mol. The summed E-state index contributed by atoms with van der Waals surface area (Å²) in [4.78, 5) is 55.3. The molecule has 1 aromatic heterocycles. The van der Waals surface area contributed by atoms with Crippen LogP contribution in [0, 0.1) is 11.6 Å². The molecule has 0 saturated carbocycles. The van der Waals surface area contributed by atoms with E-state index < -0.39 is 48.1 Å². The number of alkyl carbamates (subject to hydrolysis) is 1. The zero-order valence-corrected chi connectivity index (χ0v) is 27.4. The molecule has 2 aromatic carbocycles. The van der Waals surface area contributed by atoms with Crippen molar-refractivity contribution >= 4 is 63.3 Å². The standard InChI is InChI=1S/C30H35F2IN6O6/c1-30(2,3)45-28(42)37-16-26(40)35-15-22(39(4)27(41)36-14-19-6-5-7-24(32)23(19)12-33)17-44-29(43)38-25-11-20-10-21(31)9-8-18(20)13-34-25/h5-11,13,22H,12,14-17H2,1-4H3,(H,35,40)(H,36,41)(H,37,42)(H,34,38,43)/t22-/m0/s1. The van der Waals surface area contributed by atoms with Gasteiger partial charge >= 0.3 is 18.2 Å². The molecule has 3 rings (SSSR count). The Kier molecular flexibility index (Phi) is 12.6. The third-order valence-corrected chi connectivity index (χ3v) is 7.06. The van der Waals surface area contributed by atoms with Crippen molar-refractivity contribution < 1.29 is 37.4 Å². The molecule has 5 amide bonds. The molecule has 1 atom stereocenters. The van der Waals surface area contributed by atoms with Crippen LogP contribution >= 0.6 is 22.6 Å². The van der Waals surface area contributed by atoms with Crippen molar-refractivity contribution in [1.29, 1.82) is 0 Å². The van der Waals surface area contributed by atoms with Crippen LogP contribution in [0.3, 0.4) is 0 Å². The van der Waals surface area contributed by atoms with Gasteiger partial charge in [-0.1, -0.05) is 34.7 Å². The van der Waals surface area contributed by atoms with E-state index in [-0.39, 0.29) is 31.3 Å². The fraction of sp³-hybridized carbons (Fsp3) is 0.367. The molecule has 4 N–H and O–H groups in total. The van der Waals surface area contributed by atoms with Gasteiger partial charge in [0.05, 0.1) is 12.6 Å². The van der Waals surface area contributed by atoms with Crippen LogP contribution in [0.15, 0.2) is 48.7 Å². The van der Waals surface area contributed by atoms with Crippen LogP contribution in [0.2, 0.25) is 0 Å². The molecule has 0 aliphatic carbocycles. The Morgan fingerprint density at radius 3 is 2.47 bits per heavy atom. The van der Waals surface area contributed by atoms with E-state index in [0.717, 1.165) is 0 Å². The summed E-state index contributed by atoms with van der Waals surface area (Å²) in [7, 11) is 1.44. The molecule has 0 aliphatic rings. The van der Waals surface area contributed by atoms with Crippen molar-refractivity contribution in [3.63, 3.8) is 0 Å². The number of rotatable bonds is 11. The first kappa shape index (κ1) is 35.2. The summed E-state index contributed by atoms with van der Waals surface area (Å²) in [5, 5.41) is 11.3. The van der Waals surface area contributed by atoms with E-state index in [1.54, 1.807) is 39.0 Å². The number of carbonyl (C=O) groups is 4. The van der Waals surface area contributed by atoms with Crippen molar-refractivity contribution in [3.8, 4) is 0 Å². The van der Waals surface area contributed by atoms with E-state index in [0.29, 0.717) is 26.3 Å². The molecule has 0 radical (unpaired) electrons. The summed E-state index contributed by atoms with van der Waals surface area (Å²) in [5.74, 6) is -1.29. The Morgan fingerprint density at radius 1 is 1.00 bits per heavy atom. The van der Waals surface area contributed by atoms with E-state index in [4.69, 9.17) is 9.47 Å². The number of ether oxygens (including phenoxy) is 2. The minimum atomic E-state index is -0.901. The number of nitrogens with one attached hydrogen (secondary N) is 4. The van der Waals surface area contributed by atoms with Crippen LogP contribution < -0.4 is 21.3 Å². The summed E-state index contributed by atoms with van der Waals surface area (Å²) in [6.07, 6.45) is -0.214. The van der Waals surface area contributed by atoms with Gasteiger partial charge in [-0.05, 0) is 62.1 Å². The van der Waals surface area contributed by atoms with Gasteiger partial charge in [-0.3, -0.25) is 10.1 Å². The van der Waals surface area contributed by atoms with Gasteiger partial charge in [0, 0.05) is 41.7 Å². The summed E-state index contributed by atoms with van der Waals surface area (Å²) in [6, 6.07) is 8.78. The monoisotopic (exact) mass is 740 g/mol. The maximum Gasteiger partial charge on any atom is 0.412 e. The van der Waals surface area contributed by atoms with Gasteiger partial charge in [0.1, 0.15) is 29.7 Å². The van der Waals surface area contributed by atoms with Crippen LogP contribution in [0.4, 0.5) is 29.0 Å². The number of benzene rings is 2. The van der Waals surface area contributed by atoms with Crippen LogP contribution in [0.5, 0.6) is 0 Å². The number of carbonyl (C=O) groups excluding carboxylic acids is 4. The number of hydrogen-bond donors (Lipinski definition) is 4. The van der Waals surface area contributed by atoms with Crippen molar-refractivity contribution in [1.82, 2.24) is 25.8 Å². The number of amides is 5. The number of aromatic nitrogens is 1. The maximum atomic E-state index is 14.2. The molecular formula is C30H35F2IN6O6. The largest absolute Gasteiger partial charge is 0.447 e. The molecule has 0 spiro atoms. The van der Waals surface area contributed by atoms with Crippen LogP contribution in [0.1, 0.15) is 31.9 Å². The van der Waals surface area contributed by atoms with Gasteiger partial charge in [-0.2, -0.15) is 0 Å². The molecule has 0 bridgehead atoms. The molecule has 1 heterocycles. The highest BCUT2D eigenvalue weighted by Crippen LogP contribution is 2.19. The second kappa shape index (κ2) is 16.2. The maximum absolute atomic E-state index is 14.2. The van der Waals surface area contributed by atoms with Crippen molar-refractivity contribution in [2.75, 3.05) is 32.1 Å². The molecule has 242 valence electrons. The third kappa shape index (κ3) is 11.3. The highest BCUT2D eigenvalue weighted by molar-refractivity contribution is 14.1. The summed E-state index contributed by atoms with van der Waals surface area (Å²) in [5.41, 5.74) is 0.316. The topological polar surface area (TPSA) is 151 Å². The lowest BCUT2D eigenvalue weighted by Gasteiger charge is -2.28. The molecule has 12 nitrogen and oxygen atoms in total. The lowest BCUT2D eigenvalue weighted by molar-refractivity contribution is -0.120. The van der Waals surface area contributed by atoms with Crippen molar-refractivity contribution in [2.45, 2.75) is 43.4 Å². The number of anilines is 1. The Balaban J connectivity index is 1.64. The highest BCUT2D eigenvalue weighted by Gasteiger charge is 2.24. The fourth-order valence-electron chi connectivity index (χ4n) is 3.94. The fourth-order valence-corrected chi connectivity index (χ4v) is 4.80. The molecular weight excluding hydrogens is 705 g/mol. The average molecular weight is 741 g/mol. The highest BCUT2D eigenvalue weighted by atomic mass is 127. The number of fused-ring (bicyclic) bond motifs is 1. The summed E-state index contributed by atoms with van der Waals surface area (Å²) < 4.78 is 38.7. The Labute approximate surface area is 272 Å². The number of nitrogens with zero attached hydrogens (tertiary/aromatic N) is 2. The number of alkyl halides is 1. The molecule has 3 aromatic rings. The van der Waals surface area contributed by atoms with Gasteiger partial charge < -0.3 is 30.3 Å². The predicted octanol–water partition coefficient (Wildman–Crippen LogP) is 4.85. The van der Waals surface area contributed by atoms with Crippen molar-refractivity contribution in [3.05, 3.63) is 71.4 Å². The minimum Gasteiger partial charge on any atom is -0.447 e. The van der Waals surface area contributed by atoms with Gasteiger partial charge in [-0.25, -0.2) is 28.1 Å². The number of halogens is 3. The molecule has 0 fully saturated rings. The van der Waals surface area contributed by atoms with E-state index in [9.17, 15) is 28.0 Å². The molecule has 0 aliphatic heterocycles. The summed E-state index contributed by atoms with van der Waals surface area (Å²) >= 11 is 2.04. The van der Waals surface area contributed by atoms with Gasteiger partial charge in [0.15, 0.2) is 0 Å². The van der Waals surface area contributed by atoms with Crippen molar-refractivity contribution in [2.24, 2.45) is 0 Å². The molecule has 0 saturated heterocycles. The van der Waals surface area contributed by atoms with Crippen LogP contribution in [-0.4, -0.2) is 72.4 Å². The van der Waals surface area contributed by atoms with E-state index >= 15 is 0 Å². The number of hydrogen-bond acceptors (Lipinski definition) is 7. The average Bonchev–Trinajstić information content (AvgIpc) is 2.97. The number of urea groups is 1. The smallest absolute Gasteiger partial charge is 0.412 e. The molecule has 15 heteroatoms. The third-order valence-electron chi connectivity index (χ3n) is 6.30. The zero-order chi connectivity index (χ0) is 33.1. The first-order valence-electron chi connectivity index (χ1n) is 13.8. The van der Waals surface area contributed by atoms with Crippen LogP contribution in [-0.2, 0) is 25.2 Å². The second-order valence-corrected chi connectivity index (χ2v) is 11.6. The second-order valence-electron chi connectivity index (χ2n) is 10.9. The van der Waals surface area contributed by atoms with Gasteiger partial charge in [0.2, 0.25) is 5.91 Å². The summed E-state index contributed by atoms with van der Waals surface area (Å²) in [6.45, 7) is 4.18. The molecule has 0 unspecified atom stereocenters. The Morgan fingerprint density at radius 2 is 1.76 bits per heavy atom. The SMILES string of the molecule is CN(C(=O)NCc1cccc(F)c1CI)[C@@H](CNC(=O)CNC(=O)OC(C)(C)C)COC(=O)Nc1cc2cc(F)ccc2cn1. The first-order valence-corrected chi connectivity index (χ1v) is 15.3. The molecule has 45 heavy (non-hydrogen) atoms. The van der Waals surface area contributed by atoms with Gasteiger partial charge in [-0.15, -0.1) is 0 Å². The lowest BCUT2D eigenvalue weighted by atomic mass is 10.1. The minimum absolute atomic E-state index is 0.0354. The van der Waals surface area contributed by atoms with E-state index in [1.807, 2.05) is 22.6 Å². The van der Waals surface area contributed by atoms with Crippen LogP contribution in [0.25, 0.3) is 10.8 Å². The van der Waals surface area contributed by atoms with E-state index in [1.165, 1.54) is 42.4 Å². The van der Waals surface area contributed by atoms with E-state index in [2.05, 4.69) is 26.3 Å². The quantitative estimate of drug-likeness (QED) is 0.162. The lowest BCUT2D eigenvalue weighted by Crippen LogP contribution is -2.52. The Bertz CT molecular complexity index is 1540. The zero-order valence-electron chi connectivity index (χ0n) is 25.2. The Hall–Kier alpha value is -4.28. The normalized spacial score (nSPS) is 11.7. The number of likely N-dealkylation sites (N-methyl/N-ethyl adjacent to an activating group) is 1.